The van der Waals surface area contributed by atoms with Crippen LogP contribution in [0.25, 0.3) is 0 Å². The standard InChI is InChI=1S/C27H36N4O4S/c1-8-21(10-11-24(9-2)36-7)35-23-13-20(12-22(15-23)34-19(3)18-32-5)14-25(28-4)30-26-16-29-17-27(31-26)33-6/h9-13,15-17,19H,2,8,14,18H2,1,3-7H3,(H,28,30,31)/b21-10+,24-11+. The molecule has 0 fully saturated rings. The lowest BCUT2D eigenvalue weighted by Gasteiger charge is -2.17. The van der Waals surface area contributed by atoms with E-state index in [-0.39, 0.29) is 6.10 Å². The molecule has 0 saturated heterocycles. The number of aromatic nitrogens is 2. The van der Waals surface area contributed by atoms with Gasteiger partial charge in [0.25, 0.3) is 0 Å². The number of thioether (sulfide) groups is 1. The fraction of sp³-hybridized carbons (Fsp3) is 0.370. The molecule has 0 saturated carbocycles. The van der Waals surface area contributed by atoms with Crippen LogP contribution in [0.2, 0.25) is 0 Å². The molecule has 1 unspecified atom stereocenters. The van der Waals surface area contributed by atoms with Gasteiger partial charge < -0.3 is 24.3 Å². The van der Waals surface area contributed by atoms with Crippen molar-refractivity contribution in [1.29, 1.82) is 0 Å². The number of hydrogen-bond acceptors (Lipinski definition) is 8. The van der Waals surface area contributed by atoms with E-state index in [4.69, 9.17) is 18.9 Å². The van der Waals surface area contributed by atoms with Gasteiger partial charge in [0.1, 0.15) is 29.2 Å². The Labute approximate surface area is 218 Å². The molecule has 0 aliphatic rings. The van der Waals surface area contributed by atoms with E-state index >= 15 is 0 Å². The second-order valence-electron chi connectivity index (χ2n) is 7.68. The van der Waals surface area contributed by atoms with E-state index in [9.17, 15) is 0 Å². The van der Waals surface area contributed by atoms with Crippen molar-refractivity contribution in [3.05, 3.63) is 71.6 Å². The highest BCUT2D eigenvalue weighted by atomic mass is 32.2. The average Bonchev–Trinajstić information content (AvgIpc) is 2.88. The van der Waals surface area contributed by atoms with Crippen LogP contribution in [0.5, 0.6) is 17.4 Å². The summed E-state index contributed by atoms with van der Waals surface area (Å²) >= 11 is 1.63. The Morgan fingerprint density at radius 2 is 1.97 bits per heavy atom. The predicted molar refractivity (Wildman–Crippen MR) is 148 cm³/mol. The topological polar surface area (TPSA) is 87.1 Å². The maximum absolute atomic E-state index is 6.25. The van der Waals surface area contributed by atoms with Gasteiger partial charge in [-0.15, -0.1) is 11.8 Å². The molecule has 0 aliphatic heterocycles. The first-order chi connectivity index (χ1) is 17.4. The molecule has 0 radical (unpaired) electrons. The largest absolute Gasteiger partial charge is 0.488 e. The molecule has 1 aromatic carbocycles. The van der Waals surface area contributed by atoms with E-state index < -0.39 is 0 Å². The minimum Gasteiger partial charge on any atom is -0.488 e. The molecule has 2 rings (SSSR count). The number of ether oxygens (including phenoxy) is 4. The van der Waals surface area contributed by atoms with Gasteiger partial charge in [-0.25, -0.2) is 0 Å². The lowest BCUT2D eigenvalue weighted by Crippen LogP contribution is -2.19. The number of amidine groups is 1. The van der Waals surface area contributed by atoms with E-state index in [2.05, 4.69) is 33.8 Å². The molecule has 0 amide bonds. The molecule has 8 nitrogen and oxygen atoms in total. The second-order valence-corrected chi connectivity index (χ2v) is 8.56. The molecule has 1 atom stereocenters. The highest BCUT2D eigenvalue weighted by Crippen LogP contribution is 2.27. The zero-order valence-electron chi connectivity index (χ0n) is 21.9. The summed E-state index contributed by atoms with van der Waals surface area (Å²) in [6.07, 6.45) is 12.1. The van der Waals surface area contributed by atoms with Gasteiger partial charge in [-0.3, -0.25) is 9.98 Å². The van der Waals surface area contributed by atoms with Gasteiger partial charge in [0.15, 0.2) is 5.82 Å². The van der Waals surface area contributed by atoms with E-state index in [1.54, 1.807) is 45.4 Å². The van der Waals surface area contributed by atoms with Gasteiger partial charge in [0.2, 0.25) is 5.88 Å². The number of methoxy groups -OCH3 is 2. The van der Waals surface area contributed by atoms with Crippen LogP contribution in [0.1, 0.15) is 25.8 Å². The minimum absolute atomic E-state index is 0.122. The summed E-state index contributed by atoms with van der Waals surface area (Å²) in [6, 6.07) is 5.84. The molecule has 1 heterocycles. The molecule has 2 aromatic rings. The number of rotatable bonds is 14. The lowest BCUT2D eigenvalue weighted by molar-refractivity contribution is 0.0919. The first-order valence-corrected chi connectivity index (χ1v) is 12.8. The van der Waals surface area contributed by atoms with Gasteiger partial charge in [-0.2, -0.15) is 4.98 Å². The Hall–Kier alpha value is -3.30. The number of allylic oxidation sites excluding steroid dienone is 4. The van der Waals surface area contributed by atoms with Crippen molar-refractivity contribution < 1.29 is 18.9 Å². The van der Waals surface area contributed by atoms with E-state index in [1.165, 1.54) is 0 Å². The molecular weight excluding hydrogens is 476 g/mol. The number of nitrogens with zero attached hydrogens (tertiary/aromatic N) is 3. The van der Waals surface area contributed by atoms with Crippen molar-refractivity contribution in [2.45, 2.75) is 32.8 Å². The SMILES string of the molecule is C=C/C(=C\C=C(/CC)Oc1cc(CC(=NC)Nc2cncc(OC)n2)cc(OC(C)COC)c1)SC. The van der Waals surface area contributed by atoms with Gasteiger partial charge in [-0.05, 0) is 43.0 Å². The molecular formula is C27H36N4O4S. The first kappa shape index (κ1) is 28.9. The Kier molecular flexibility index (Phi) is 12.6. The summed E-state index contributed by atoms with van der Waals surface area (Å²) in [6.45, 7) is 8.33. The molecule has 0 aliphatic carbocycles. The number of anilines is 1. The molecule has 0 bridgehead atoms. The zero-order chi connectivity index (χ0) is 26.3. The predicted octanol–water partition coefficient (Wildman–Crippen LogP) is 5.69. The number of nitrogens with one attached hydrogen (secondary N) is 1. The third-order valence-corrected chi connectivity index (χ3v) is 5.66. The fourth-order valence-corrected chi connectivity index (χ4v) is 3.53. The summed E-state index contributed by atoms with van der Waals surface area (Å²) < 4.78 is 22.7. The van der Waals surface area contributed by atoms with Crippen LogP contribution in [0.4, 0.5) is 5.82 Å². The van der Waals surface area contributed by atoms with E-state index in [0.717, 1.165) is 22.6 Å². The van der Waals surface area contributed by atoms with Crippen LogP contribution in [-0.4, -0.2) is 56.0 Å². The van der Waals surface area contributed by atoms with Crippen LogP contribution in [0.15, 0.2) is 71.1 Å². The molecule has 1 aromatic heterocycles. The lowest BCUT2D eigenvalue weighted by atomic mass is 10.1. The number of hydrogen-bond donors (Lipinski definition) is 1. The third kappa shape index (κ3) is 9.75. The van der Waals surface area contributed by atoms with Crippen LogP contribution >= 0.6 is 11.8 Å². The van der Waals surface area contributed by atoms with Crippen molar-refractivity contribution >= 4 is 23.4 Å². The highest BCUT2D eigenvalue weighted by Gasteiger charge is 2.12. The van der Waals surface area contributed by atoms with Crippen molar-refractivity contribution in [2.24, 2.45) is 4.99 Å². The molecule has 9 heteroatoms. The summed E-state index contributed by atoms with van der Waals surface area (Å²) in [7, 11) is 4.93. The molecule has 36 heavy (non-hydrogen) atoms. The Morgan fingerprint density at radius 1 is 1.19 bits per heavy atom. The van der Waals surface area contributed by atoms with Crippen LogP contribution < -0.4 is 19.5 Å². The van der Waals surface area contributed by atoms with Crippen molar-refractivity contribution in [2.75, 3.05) is 39.4 Å². The third-order valence-electron chi connectivity index (χ3n) is 4.88. The van der Waals surface area contributed by atoms with Crippen molar-refractivity contribution in [1.82, 2.24) is 9.97 Å². The molecule has 194 valence electrons. The molecule has 0 spiro atoms. The summed E-state index contributed by atoms with van der Waals surface area (Å²) in [5.74, 6) is 3.85. The normalized spacial score (nSPS) is 13.2. The van der Waals surface area contributed by atoms with Crippen LogP contribution in [0.3, 0.4) is 0 Å². The quantitative estimate of drug-likeness (QED) is 0.150. The van der Waals surface area contributed by atoms with E-state index in [0.29, 0.717) is 42.1 Å². The van der Waals surface area contributed by atoms with Gasteiger partial charge in [0.05, 0.1) is 26.1 Å². The van der Waals surface area contributed by atoms with Gasteiger partial charge in [0, 0.05) is 38.0 Å². The van der Waals surface area contributed by atoms with Crippen molar-refractivity contribution in [3.8, 4) is 17.4 Å². The molecule has 1 N–H and O–H groups in total. The maximum atomic E-state index is 6.25. The van der Waals surface area contributed by atoms with Gasteiger partial charge >= 0.3 is 0 Å². The fourth-order valence-electron chi connectivity index (χ4n) is 3.16. The van der Waals surface area contributed by atoms with E-state index in [1.807, 2.05) is 49.6 Å². The maximum Gasteiger partial charge on any atom is 0.233 e. The van der Waals surface area contributed by atoms with Crippen molar-refractivity contribution in [3.63, 3.8) is 0 Å². The Balaban J connectivity index is 2.33. The second kappa shape index (κ2) is 15.6. The highest BCUT2D eigenvalue weighted by molar-refractivity contribution is 8.02. The zero-order valence-corrected chi connectivity index (χ0v) is 22.7. The van der Waals surface area contributed by atoms with Gasteiger partial charge in [-0.1, -0.05) is 19.6 Å². The monoisotopic (exact) mass is 512 g/mol. The summed E-state index contributed by atoms with van der Waals surface area (Å²) in [5, 5.41) is 3.21. The average molecular weight is 513 g/mol. The summed E-state index contributed by atoms with van der Waals surface area (Å²) in [5.41, 5.74) is 0.956. The summed E-state index contributed by atoms with van der Waals surface area (Å²) in [4.78, 5) is 13.9. The Bertz CT molecular complexity index is 1090. The van der Waals surface area contributed by atoms with Crippen LogP contribution in [-0.2, 0) is 11.2 Å². The Morgan fingerprint density at radius 3 is 2.61 bits per heavy atom. The van der Waals surface area contributed by atoms with Crippen LogP contribution in [0, 0.1) is 0 Å². The smallest absolute Gasteiger partial charge is 0.233 e. The number of aliphatic imine (C=N–C) groups is 1. The minimum atomic E-state index is -0.122. The first-order valence-electron chi connectivity index (χ1n) is 11.6. The number of benzene rings is 1.